The van der Waals surface area contributed by atoms with Crippen LogP contribution in [0.1, 0.15) is 34.2 Å². The molecule has 0 saturated carbocycles. The summed E-state index contributed by atoms with van der Waals surface area (Å²) in [7, 11) is -1.71. The average Bonchev–Trinajstić information content (AvgIpc) is 2.82. The first-order chi connectivity index (χ1) is 9.24. The lowest BCUT2D eigenvalue weighted by molar-refractivity contribution is 0.0835. The topological polar surface area (TPSA) is 50.4 Å². The molecule has 0 spiro atoms. The smallest absolute Gasteiger partial charge is 0.228 e. The number of hydrogen-bond acceptors (Lipinski definition) is 3. The molecule has 0 aliphatic heterocycles. The minimum Gasteiger partial charge on any atom is -0.461 e. The number of carbonyl (C=O) groups excluding carboxylic acids is 1. The maximum Gasteiger partial charge on any atom is 0.228 e. The van der Waals surface area contributed by atoms with E-state index in [9.17, 15) is 9.90 Å². The fraction of sp³-hybridized carbons (Fsp3) is 0.312. The van der Waals surface area contributed by atoms with Gasteiger partial charge in [-0.05, 0) is 17.7 Å². The fourth-order valence-electron chi connectivity index (χ4n) is 2.92. The Bertz CT molecular complexity index is 705. The van der Waals surface area contributed by atoms with E-state index in [0.717, 1.165) is 5.19 Å². The van der Waals surface area contributed by atoms with Crippen molar-refractivity contribution < 1.29 is 14.3 Å². The maximum absolute atomic E-state index is 12.5. The zero-order chi connectivity index (χ0) is 14.7. The molecule has 0 saturated heterocycles. The SMILES string of the molecule is CC1(O)c2ccccc2C(=O)c2occ([Si](C)(C)C)c21. The van der Waals surface area contributed by atoms with Crippen molar-refractivity contribution in [2.45, 2.75) is 32.2 Å². The highest BCUT2D eigenvalue weighted by atomic mass is 28.3. The lowest BCUT2D eigenvalue weighted by atomic mass is 9.78. The molecule has 1 unspecified atom stereocenters. The Morgan fingerprint density at radius 1 is 1.20 bits per heavy atom. The summed E-state index contributed by atoms with van der Waals surface area (Å²) in [5.74, 6) is 0.165. The molecule has 3 nitrogen and oxygen atoms in total. The molecule has 1 aromatic heterocycles. The van der Waals surface area contributed by atoms with Gasteiger partial charge in [0.05, 0.1) is 14.3 Å². The van der Waals surface area contributed by atoms with Crippen LogP contribution < -0.4 is 5.19 Å². The molecule has 104 valence electrons. The molecule has 20 heavy (non-hydrogen) atoms. The Kier molecular flexibility index (Phi) is 2.62. The highest BCUT2D eigenvalue weighted by molar-refractivity contribution is 6.89. The average molecular weight is 286 g/mol. The van der Waals surface area contributed by atoms with E-state index in [0.29, 0.717) is 22.5 Å². The quantitative estimate of drug-likeness (QED) is 0.820. The summed E-state index contributed by atoms with van der Waals surface area (Å²) >= 11 is 0. The van der Waals surface area contributed by atoms with Gasteiger partial charge in [0.15, 0.2) is 5.76 Å². The first-order valence-electron chi connectivity index (χ1n) is 6.73. The summed E-state index contributed by atoms with van der Waals surface area (Å²) in [6.45, 7) is 8.29. The van der Waals surface area contributed by atoms with Crippen molar-refractivity contribution in [2.75, 3.05) is 0 Å². The van der Waals surface area contributed by atoms with E-state index in [1.807, 2.05) is 12.1 Å². The number of ketones is 1. The number of aliphatic hydroxyl groups is 1. The standard InChI is InChI=1S/C16H18O3Si/c1-16(18)11-8-6-5-7-10(11)14(17)15-13(16)12(9-19-15)20(2,3)4/h5-9,18H,1-4H3. The second-order valence-electron chi connectivity index (χ2n) is 6.55. The van der Waals surface area contributed by atoms with Crippen LogP contribution in [0.15, 0.2) is 34.9 Å². The van der Waals surface area contributed by atoms with Crippen LogP contribution >= 0.6 is 0 Å². The number of carbonyl (C=O) groups is 1. The maximum atomic E-state index is 12.5. The van der Waals surface area contributed by atoms with Gasteiger partial charge in [-0.2, -0.15) is 0 Å². The summed E-state index contributed by atoms with van der Waals surface area (Å²) < 4.78 is 5.54. The Hall–Kier alpha value is -1.65. The predicted octanol–water partition coefficient (Wildman–Crippen LogP) is 2.63. The van der Waals surface area contributed by atoms with Crippen LogP contribution in [-0.2, 0) is 5.60 Å². The lowest BCUT2D eigenvalue weighted by Crippen LogP contribution is -2.45. The van der Waals surface area contributed by atoms with Crippen molar-refractivity contribution in [3.05, 3.63) is 53.0 Å². The Balaban J connectivity index is 2.35. The molecule has 1 aliphatic carbocycles. The molecule has 1 atom stereocenters. The molecule has 0 amide bonds. The van der Waals surface area contributed by atoms with Crippen molar-refractivity contribution >= 4 is 19.0 Å². The summed E-state index contributed by atoms with van der Waals surface area (Å²) in [5, 5.41) is 12.1. The summed E-state index contributed by atoms with van der Waals surface area (Å²) in [5.41, 5.74) is 0.683. The van der Waals surface area contributed by atoms with Crippen LogP contribution in [-0.4, -0.2) is 19.0 Å². The van der Waals surface area contributed by atoms with Crippen LogP contribution in [0.4, 0.5) is 0 Å². The van der Waals surface area contributed by atoms with Gasteiger partial charge in [0, 0.05) is 11.1 Å². The van der Waals surface area contributed by atoms with E-state index in [-0.39, 0.29) is 5.78 Å². The molecule has 1 aliphatic rings. The molecule has 0 radical (unpaired) electrons. The van der Waals surface area contributed by atoms with E-state index in [1.54, 1.807) is 25.3 Å². The van der Waals surface area contributed by atoms with E-state index >= 15 is 0 Å². The molecule has 3 rings (SSSR count). The molecule has 4 heteroatoms. The Morgan fingerprint density at radius 3 is 2.50 bits per heavy atom. The third kappa shape index (κ3) is 1.65. The van der Waals surface area contributed by atoms with Crippen molar-refractivity contribution in [1.82, 2.24) is 0 Å². The second kappa shape index (κ2) is 3.93. The third-order valence-corrected chi connectivity index (χ3v) is 5.97. The van der Waals surface area contributed by atoms with E-state index in [2.05, 4.69) is 19.6 Å². The van der Waals surface area contributed by atoms with Gasteiger partial charge in [0.1, 0.15) is 5.60 Å². The molecule has 0 fully saturated rings. The third-order valence-electron chi connectivity index (χ3n) is 3.99. The minimum atomic E-state index is -1.71. The first-order valence-corrected chi connectivity index (χ1v) is 10.2. The van der Waals surface area contributed by atoms with Gasteiger partial charge in [-0.15, -0.1) is 0 Å². The summed E-state index contributed by atoms with van der Waals surface area (Å²) in [6, 6.07) is 7.21. The number of rotatable bonds is 1. The van der Waals surface area contributed by atoms with Crippen molar-refractivity contribution in [2.24, 2.45) is 0 Å². The van der Waals surface area contributed by atoms with Gasteiger partial charge in [-0.25, -0.2) is 0 Å². The number of hydrogen-bond donors (Lipinski definition) is 1. The molecule has 2 aromatic rings. The van der Waals surface area contributed by atoms with Crippen molar-refractivity contribution in [3.63, 3.8) is 0 Å². The van der Waals surface area contributed by atoms with Crippen LogP contribution in [0.5, 0.6) is 0 Å². The fourth-order valence-corrected chi connectivity index (χ4v) is 4.44. The molecule has 1 N–H and O–H groups in total. The highest BCUT2D eigenvalue weighted by Gasteiger charge is 2.44. The monoisotopic (exact) mass is 286 g/mol. The molecule has 0 bridgehead atoms. The van der Waals surface area contributed by atoms with E-state index in [4.69, 9.17) is 4.42 Å². The lowest BCUT2D eigenvalue weighted by Gasteiger charge is -2.32. The van der Waals surface area contributed by atoms with Gasteiger partial charge >= 0.3 is 0 Å². The number of benzene rings is 1. The van der Waals surface area contributed by atoms with Crippen LogP contribution in [0, 0.1) is 0 Å². The van der Waals surface area contributed by atoms with Gasteiger partial charge in [-0.1, -0.05) is 43.9 Å². The molecule has 1 heterocycles. The molecule has 1 aromatic carbocycles. The van der Waals surface area contributed by atoms with E-state index in [1.165, 1.54) is 0 Å². The number of fused-ring (bicyclic) bond motifs is 2. The summed E-state index contributed by atoms with van der Waals surface area (Å²) in [4.78, 5) is 12.5. The van der Waals surface area contributed by atoms with Crippen molar-refractivity contribution in [3.8, 4) is 0 Å². The van der Waals surface area contributed by atoms with Gasteiger partial charge in [0.2, 0.25) is 5.78 Å². The van der Waals surface area contributed by atoms with Gasteiger partial charge in [-0.3, -0.25) is 4.79 Å². The first kappa shape index (κ1) is 13.3. The van der Waals surface area contributed by atoms with Crippen LogP contribution in [0.3, 0.4) is 0 Å². The number of furan rings is 1. The van der Waals surface area contributed by atoms with Crippen LogP contribution in [0.25, 0.3) is 0 Å². The Labute approximate surface area is 119 Å². The largest absolute Gasteiger partial charge is 0.461 e. The van der Waals surface area contributed by atoms with Gasteiger partial charge in [0.25, 0.3) is 0 Å². The molecular formula is C16H18O3Si. The Morgan fingerprint density at radius 2 is 1.85 bits per heavy atom. The second-order valence-corrected chi connectivity index (χ2v) is 11.6. The van der Waals surface area contributed by atoms with E-state index < -0.39 is 13.7 Å². The van der Waals surface area contributed by atoms with Gasteiger partial charge < -0.3 is 9.52 Å². The predicted molar refractivity (Wildman–Crippen MR) is 80.2 cm³/mol. The minimum absolute atomic E-state index is 0.133. The zero-order valence-corrected chi connectivity index (χ0v) is 13.2. The van der Waals surface area contributed by atoms with Crippen LogP contribution in [0.2, 0.25) is 19.6 Å². The molecular weight excluding hydrogens is 268 g/mol. The zero-order valence-electron chi connectivity index (χ0n) is 12.2. The highest BCUT2D eigenvalue weighted by Crippen LogP contribution is 2.39. The summed E-state index contributed by atoms with van der Waals surface area (Å²) in [6.07, 6.45) is 1.66. The van der Waals surface area contributed by atoms with Crippen molar-refractivity contribution in [1.29, 1.82) is 0 Å². The normalized spacial score (nSPS) is 21.6.